The van der Waals surface area contributed by atoms with E-state index in [-0.39, 0.29) is 12.1 Å². The van der Waals surface area contributed by atoms with Gasteiger partial charge in [0.05, 0.1) is 12.3 Å². The van der Waals surface area contributed by atoms with Crippen molar-refractivity contribution in [3.8, 4) is 0 Å². The van der Waals surface area contributed by atoms with Crippen LogP contribution in [-0.2, 0) is 13.6 Å². The highest BCUT2D eigenvalue weighted by atomic mass is 32.1. The van der Waals surface area contributed by atoms with Crippen LogP contribution in [0.3, 0.4) is 0 Å². The Bertz CT molecular complexity index is 609. The molecule has 6 nitrogen and oxygen atoms in total. The molecule has 0 bridgehead atoms. The highest BCUT2D eigenvalue weighted by Crippen LogP contribution is 2.22. The quantitative estimate of drug-likeness (QED) is 0.762. The molecule has 3 N–H and O–H groups in total. The van der Waals surface area contributed by atoms with Crippen LogP contribution >= 0.6 is 11.3 Å². The molecule has 0 radical (unpaired) electrons. The number of hydrogen-bond acceptors (Lipinski definition) is 4. The van der Waals surface area contributed by atoms with Gasteiger partial charge in [0.25, 0.3) is 0 Å². The van der Waals surface area contributed by atoms with Crippen LogP contribution in [0.2, 0.25) is 0 Å². The van der Waals surface area contributed by atoms with Gasteiger partial charge in [0.1, 0.15) is 0 Å². The Kier molecular flexibility index (Phi) is 5.57. The molecule has 2 atom stereocenters. The number of aromatic nitrogens is 2. The maximum absolute atomic E-state index is 11.9. The van der Waals surface area contributed by atoms with Gasteiger partial charge in [0.15, 0.2) is 0 Å². The van der Waals surface area contributed by atoms with E-state index in [9.17, 15) is 9.90 Å². The van der Waals surface area contributed by atoms with Gasteiger partial charge in [-0.3, -0.25) is 4.68 Å². The van der Waals surface area contributed by atoms with E-state index in [0.29, 0.717) is 13.0 Å². The third-order valence-electron chi connectivity index (χ3n) is 3.60. The number of aliphatic hydroxyl groups excluding tert-OH is 1. The van der Waals surface area contributed by atoms with Crippen molar-refractivity contribution < 1.29 is 9.90 Å². The Hall–Kier alpha value is -1.86. The Labute approximate surface area is 134 Å². The van der Waals surface area contributed by atoms with E-state index in [2.05, 4.69) is 15.7 Å². The summed E-state index contributed by atoms with van der Waals surface area (Å²) < 4.78 is 1.77. The largest absolute Gasteiger partial charge is 0.387 e. The van der Waals surface area contributed by atoms with Gasteiger partial charge in [-0.1, -0.05) is 6.07 Å². The van der Waals surface area contributed by atoms with Gasteiger partial charge in [0.2, 0.25) is 0 Å². The molecule has 0 saturated heterocycles. The number of amides is 2. The lowest BCUT2D eigenvalue weighted by molar-refractivity contribution is 0.158. The molecule has 0 aromatic carbocycles. The highest BCUT2D eigenvalue weighted by molar-refractivity contribution is 7.10. The van der Waals surface area contributed by atoms with E-state index < -0.39 is 6.10 Å². The minimum atomic E-state index is -0.545. The van der Waals surface area contributed by atoms with Crippen molar-refractivity contribution in [1.82, 2.24) is 20.4 Å². The molecule has 0 fully saturated rings. The summed E-state index contributed by atoms with van der Waals surface area (Å²) in [6, 6.07) is 3.44. The van der Waals surface area contributed by atoms with Gasteiger partial charge >= 0.3 is 6.03 Å². The van der Waals surface area contributed by atoms with E-state index >= 15 is 0 Å². The predicted molar refractivity (Wildman–Crippen MR) is 86.7 cm³/mol. The summed E-state index contributed by atoms with van der Waals surface area (Å²) in [5.74, 6) is 0. The summed E-state index contributed by atoms with van der Waals surface area (Å²) in [6.45, 7) is 4.28. The predicted octanol–water partition coefficient (Wildman–Crippen LogP) is 2.10. The molecule has 7 heteroatoms. The molecule has 0 aliphatic carbocycles. The van der Waals surface area contributed by atoms with Gasteiger partial charge in [-0.2, -0.15) is 5.10 Å². The van der Waals surface area contributed by atoms with E-state index in [1.54, 1.807) is 10.9 Å². The van der Waals surface area contributed by atoms with Crippen LogP contribution in [0.5, 0.6) is 0 Å². The highest BCUT2D eigenvalue weighted by Gasteiger charge is 2.15. The van der Waals surface area contributed by atoms with Crippen molar-refractivity contribution in [3.05, 3.63) is 39.8 Å². The molecule has 2 heterocycles. The average Bonchev–Trinajstić information content (AvgIpc) is 3.09. The maximum Gasteiger partial charge on any atom is 0.315 e. The average molecular weight is 322 g/mol. The van der Waals surface area contributed by atoms with Crippen molar-refractivity contribution in [2.45, 2.75) is 39.0 Å². The van der Waals surface area contributed by atoms with E-state index in [1.807, 2.05) is 38.4 Å². The monoisotopic (exact) mass is 322 g/mol. The normalized spacial score (nSPS) is 13.6. The summed E-state index contributed by atoms with van der Waals surface area (Å²) >= 11 is 1.52. The zero-order chi connectivity index (χ0) is 16.1. The van der Waals surface area contributed by atoms with Crippen LogP contribution in [-0.4, -0.2) is 27.0 Å². The molecule has 120 valence electrons. The zero-order valence-electron chi connectivity index (χ0n) is 13.0. The molecule has 2 amide bonds. The SMILES string of the molecule is Cc1c(CNC(=O)NC(C)CC(O)c2cccs2)cnn1C. The lowest BCUT2D eigenvalue weighted by Crippen LogP contribution is -2.41. The van der Waals surface area contributed by atoms with Gasteiger partial charge in [-0.15, -0.1) is 11.3 Å². The second-order valence-electron chi connectivity index (χ2n) is 5.37. The van der Waals surface area contributed by atoms with Gasteiger partial charge in [-0.05, 0) is 31.7 Å². The minimum absolute atomic E-state index is 0.118. The minimum Gasteiger partial charge on any atom is -0.387 e. The van der Waals surface area contributed by atoms with Gasteiger partial charge < -0.3 is 15.7 Å². The number of thiophene rings is 1. The molecule has 2 aromatic rings. The number of urea groups is 1. The summed E-state index contributed by atoms with van der Waals surface area (Å²) in [5, 5.41) is 21.8. The first-order valence-corrected chi connectivity index (χ1v) is 8.08. The molecular formula is C15H22N4O2S. The van der Waals surface area contributed by atoms with E-state index in [4.69, 9.17) is 0 Å². The molecule has 0 aliphatic rings. The van der Waals surface area contributed by atoms with Crippen LogP contribution in [0.1, 0.15) is 35.6 Å². The van der Waals surface area contributed by atoms with Crippen molar-refractivity contribution in [2.24, 2.45) is 7.05 Å². The van der Waals surface area contributed by atoms with Crippen molar-refractivity contribution in [2.75, 3.05) is 0 Å². The number of carbonyl (C=O) groups is 1. The third-order valence-corrected chi connectivity index (χ3v) is 4.58. The van der Waals surface area contributed by atoms with Crippen LogP contribution in [0.25, 0.3) is 0 Å². The lowest BCUT2D eigenvalue weighted by atomic mass is 10.1. The Morgan fingerprint density at radius 2 is 2.32 bits per heavy atom. The standard InChI is InChI=1S/C15H22N4O2S/c1-10(7-13(20)14-5-4-6-22-14)18-15(21)16-8-12-9-17-19(3)11(12)2/h4-6,9-10,13,20H,7-8H2,1-3H3,(H2,16,18,21). The second-order valence-corrected chi connectivity index (χ2v) is 6.35. The van der Waals surface area contributed by atoms with Crippen LogP contribution in [0.15, 0.2) is 23.7 Å². The number of nitrogens with one attached hydrogen (secondary N) is 2. The molecule has 0 saturated carbocycles. The van der Waals surface area contributed by atoms with Crippen molar-refractivity contribution in [3.63, 3.8) is 0 Å². The maximum atomic E-state index is 11.9. The fourth-order valence-electron chi connectivity index (χ4n) is 2.16. The Morgan fingerprint density at radius 3 is 2.91 bits per heavy atom. The lowest BCUT2D eigenvalue weighted by Gasteiger charge is -2.17. The van der Waals surface area contributed by atoms with Crippen LogP contribution in [0, 0.1) is 6.92 Å². The summed E-state index contributed by atoms with van der Waals surface area (Å²) in [5.41, 5.74) is 2.02. The fourth-order valence-corrected chi connectivity index (χ4v) is 2.88. The summed E-state index contributed by atoms with van der Waals surface area (Å²) in [4.78, 5) is 12.8. The number of carbonyl (C=O) groups excluding carboxylic acids is 1. The zero-order valence-corrected chi connectivity index (χ0v) is 13.9. The van der Waals surface area contributed by atoms with Crippen LogP contribution in [0.4, 0.5) is 4.79 Å². The third kappa shape index (κ3) is 4.32. The second kappa shape index (κ2) is 7.42. The number of hydrogen-bond donors (Lipinski definition) is 3. The number of rotatable bonds is 6. The molecule has 22 heavy (non-hydrogen) atoms. The molecule has 0 aliphatic heterocycles. The molecular weight excluding hydrogens is 300 g/mol. The Balaban J connectivity index is 1.75. The molecule has 2 rings (SSSR count). The fraction of sp³-hybridized carbons (Fsp3) is 0.467. The molecule has 2 aromatic heterocycles. The number of aliphatic hydroxyl groups is 1. The summed E-state index contributed by atoms with van der Waals surface area (Å²) in [7, 11) is 1.87. The molecule has 0 spiro atoms. The topological polar surface area (TPSA) is 79.2 Å². The van der Waals surface area contributed by atoms with Crippen molar-refractivity contribution in [1.29, 1.82) is 0 Å². The smallest absolute Gasteiger partial charge is 0.315 e. The van der Waals surface area contributed by atoms with E-state index in [0.717, 1.165) is 16.1 Å². The van der Waals surface area contributed by atoms with Crippen LogP contribution < -0.4 is 10.6 Å². The van der Waals surface area contributed by atoms with Crippen molar-refractivity contribution >= 4 is 17.4 Å². The van der Waals surface area contributed by atoms with Gasteiger partial charge in [0, 0.05) is 35.8 Å². The molecule has 2 unspecified atom stereocenters. The first-order chi connectivity index (χ1) is 10.5. The first-order valence-electron chi connectivity index (χ1n) is 7.20. The van der Waals surface area contributed by atoms with E-state index in [1.165, 1.54) is 11.3 Å². The Morgan fingerprint density at radius 1 is 1.55 bits per heavy atom. The number of aryl methyl sites for hydroxylation is 1. The van der Waals surface area contributed by atoms with Gasteiger partial charge in [-0.25, -0.2) is 4.79 Å². The number of nitrogens with zero attached hydrogens (tertiary/aromatic N) is 2. The first kappa shape index (κ1) is 16.5. The summed E-state index contributed by atoms with van der Waals surface area (Å²) in [6.07, 6.45) is 1.69.